The molecule has 0 aromatic heterocycles. The van der Waals surface area contributed by atoms with Crippen LogP contribution in [0, 0.1) is 11.3 Å². The van der Waals surface area contributed by atoms with E-state index in [1.807, 2.05) is 13.0 Å². The molecule has 17 heavy (non-hydrogen) atoms. The van der Waals surface area contributed by atoms with E-state index in [4.69, 9.17) is 11.0 Å². The third-order valence-electron chi connectivity index (χ3n) is 2.31. The zero-order valence-electron chi connectivity index (χ0n) is 10.1. The summed E-state index contributed by atoms with van der Waals surface area (Å²) in [4.78, 5) is 11.6. The molecule has 0 saturated heterocycles. The van der Waals surface area contributed by atoms with Crippen molar-refractivity contribution >= 4 is 15.7 Å². The molecule has 2 atom stereocenters. The third-order valence-corrected chi connectivity index (χ3v) is 3.29. The molecule has 0 saturated carbocycles. The highest BCUT2D eigenvalue weighted by Gasteiger charge is 2.18. The molecule has 0 fully saturated rings. The van der Waals surface area contributed by atoms with E-state index in [-0.39, 0.29) is 24.6 Å². The maximum absolute atomic E-state index is 11.6. The number of hydrogen-bond donors (Lipinski definition) is 2. The van der Waals surface area contributed by atoms with Gasteiger partial charge in [0, 0.05) is 12.3 Å². The molecular formula is C10H19N3O3S. The second-order valence-electron chi connectivity index (χ2n) is 4.00. The zero-order chi connectivity index (χ0) is 13.5. The molecule has 1 amide bonds. The van der Waals surface area contributed by atoms with Crippen molar-refractivity contribution in [2.24, 2.45) is 5.73 Å². The molecule has 0 aromatic carbocycles. The molecule has 0 aromatic rings. The minimum absolute atomic E-state index is 0.0909. The van der Waals surface area contributed by atoms with E-state index in [0.29, 0.717) is 6.42 Å². The fourth-order valence-electron chi connectivity index (χ4n) is 1.19. The Bertz CT molecular complexity index is 386. The van der Waals surface area contributed by atoms with Gasteiger partial charge in [0.15, 0.2) is 0 Å². The Morgan fingerprint density at radius 1 is 1.53 bits per heavy atom. The van der Waals surface area contributed by atoms with E-state index in [1.54, 1.807) is 0 Å². The molecule has 2 unspecified atom stereocenters. The van der Waals surface area contributed by atoms with Crippen LogP contribution in [0.4, 0.5) is 0 Å². The standard InChI is InChI=1S/C10H19N3O3S/c1-3-8(4-6-11)13-10(14)9(12)5-7-17(2,15)16/h8-9H,3-5,7,12H2,1-2H3,(H,13,14). The molecule has 0 radical (unpaired) electrons. The number of carbonyl (C=O) groups excluding carboxylic acids is 1. The van der Waals surface area contributed by atoms with Crippen LogP contribution in [0.2, 0.25) is 0 Å². The zero-order valence-corrected chi connectivity index (χ0v) is 11.0. The van der Waals surface area contributed by atoms with Crippen LogP contribution in [0.3, 0.4) is 0 Å². The number of nitriles is 1. The second kappa shape index (κ2) is 7.25. The Labute approximate surface area is 102 Å². The summed E-state index contributed by atoms with van der Waals surface area (Å²) in [5.74, 6) is -0.521. The van der Waals surface area contributed by atoms with Crippen molar-refractivity contribution in [2.45, 2.75) is 38.3 Å². The molecule has 0 spiro atoms. The molecule has 7 heteroatoms. The minimum Gasteiger partial charge on any atom is -0.351 e. The maximum atomic E-state index is 11.6. The molecular weight excluding hydrogens is 242 g/mol. The summed E-state index contributed by atoms with van der Waals surface area (Å²) in [6.45, 7) is 1.85. The smallest absolute Gasteiger partial charge is 0.237 e. The van der Waals surface area contributed by atoms with E-state index in [2.05, 4.69) is 5.32 Å². The molecule has 0 aliphatic rings. The van der Waals surface area contributed by atoms with Gasteiger partial charge in [0.25, 0.3) is 0 Å². The van der Waals surface area contributed by atoms with Crippen molar-refractivity contribution in [1.29, 1.82) is 5.26 Å². The highest BCUT2D eigenvalue weighted by atomic mass is 32.2. The van der Waals surface area contributed by atoms with Crippen molar-refractivity contribution < 1.29 is 13.2 Å². The SMILES string of the molecule is CCC(CC#N)NC(=O)C(N)CCS(C)(=O)=O. The van der Waals surface area contributed by atoms with Crippen LogP contribution in [-0.2, 0) is 14.6 Å². The van der Waals surface area contributed by atoms with Gasteiger partial charge in [0.1, 0.15) is 9.84 Å². The van der Waals surface area contributed by atoms with Crippen molar-refractivity contribution in [3.8, 4) is 6.07 Å². The van der Waals surface area contributed by atoms with E-state index in [1.165, 1.54) is 0 Å². The van der Waals surface area contributed by atoms with Gasteiger partial charge in [-0.1, -0.05) is 6.92 Å². The Morgan fingerprint density at radius 3 is 2.53 bits per heavy atom. The normalized spacial score (nSPS) is 14.7. The molecule has 0 rings (SSSR count). The predicted octanol–water partition coefficient (Wildman–Crippen LogP) is -0.443. The summed E-state index contributed by atoms with van der Waals surface area (Å²) in [5, 5.41) is 11.1. The number of nitrogens with one attached hydrogen (secondary N) is 1. The van der Waals surface area contributed by atoms with Gasteiger partial charge in [-0.25, -0.2) is 8.42 Å². The second-order valence-corrected chi connectivity index (χ2v) is 6.26. The van der Waals surface area contributed by atoms with Gasteiger partial charge in [-0.05, 0) is 12.8 Å². The Morgan fingerprint density at radius 2 is 2.12 bits per heavy atom. The van der Waals surface area contributed by atoms with Crippen molar-refractivity contribution in [3.05, 3.63) is 0 Å². The lowest BCUT2D eigenvalue weighted by Gasteiger charge is -2.17. The Balaban J connectivity index is 4.18. The average Bonchev–Trinajstić information content (AvgIpc) is 2.23. The summed E-state index contributed by atoms with van der Waals surface area (Å²) in [7, 11) is -3.11. The number of amides is 1. The number of hydrogen-bond acceptors (Lipinski definition) is 5. The molecule has 6 nitrogen and oxygen atoms in total. The van der Waals surface area contributed by atoms with E-state index in [9.17, 15) is 13.2 Å². The quantitative estimate of drug-likeness (QED) is 0.645. The third kappa shape index (κ3) is 7.71. The first kappa shape index (κ1) is 15.9. The van der Waals surface area contributed by atoms with Crippen LogP contribution >= 0.6 is 0 Å². The molecule has 98 valence electrons. The van der Waals surface area contributed by atoms with Crippen LogP contribution in [0.15, 0.2) is 0 Å². The lowest BCUT2D eigenvalue weighted by Crippen LogP contribution is -2.45. The number of rotatable bonds is 7. The fourth-order valence-corrected chi connectivity index (χ4v) is 1.87. The molecule has 0 aliphatic heterocycles. The van der Waals surface area contributed by atoms with Gasteiger partial charge in [0.05, 0.1) is 24.3 Å². The van der Waals surface area contributed by atoms with Crippen LogP contribution in [-0.4, -0.2) is 38.4 Å². The van der Waals surface area contributed by atoms with Crippen LogP contribution < -0.4 is 11.1 Å². The summed E-state index contributed by atoms with van der Waals surface area (Å²) in [6.07, 6.45) is 2.05. The van der Waals surface area contributed by atoms with Gasteiger partial charge in [-0.15, -0.1) is 0 Å². The first-order valence-corrected chi connectivity index (χ1v) is 7.46. The Hall–Kier alpha value is -1.13. The molecule has 3 N–H and O–H groups in total. The van der Waals surface area contributed by atoms with Crippen LogP contribution in [0.25, 0.3) is 0 Å². The number of sulfone groups is 1. The molecule has 0 heterocycles. The van der Waals surface area contributed by atoms with Gasteiger partial charge in [0.2, 0.25) is 5.91 Å². The summed E-state index contributed by atoms with van der Waals surface area (Å²) in [5.41, 5.74) is 5.56. The predicted molar refractivity (Wildman–Crippen MR) is 64.8 cm³/mol. The van der Waals surface area contributed by atoms with Gasteiger partial charge < -0.3 is 11.1 Å². The van der Waals surface area contributed by atoms with Crippen molar-refractivity contribution in [1.82, 2.24) is 5.32 Å². The lowest BCUT2D eigenvalue weighted by atomic mass is 10.1. The van der Waals surface area contributed by atoms with Gasteiger partial charge >= 0.3 is 0 Å². The highest BCUT2D eigenvalue weighted by molar-refractivity contribution is 7.90. The highest BCUT2D eigenvalue weighted by Crippen LogP contribution is 1.99. The monoisotopic (exact) mass is 261 g/mol. The number of nitrogens with zero attached hydrogens (tertiary/aromatic N) is 1. The summed E-state index contributed by atoms with van der Waals surface area (Å²) < 4.78 is 21.8. The molecule has 0 aliphatic carbocycles. The van der Waals surface area contributed by atoms with Crippen molar-refractivity contribution in [2.75, 3.05) is 12.0 Å². The van der Waals surface area contributed by atoms with Crippen molar-refractivity contribution in [3.63, 3.8) is 0 Å². The van der Waals surface area contributed by atoms with Crippen LogP contribution in [0.5, 0.6) is 0 Å². The first-order chi connectivity index (χ1) is 7.80. The van der Waals surface area contributed by atoms with Gasteiger partial charge in [-0.3, -0.25) is 4.79 Å². The Kier molecular flexibility index (Phi) is 6.76. The van der Waals surface area contributed by atoms with E-state index in [0.717, 1.165) is 6.26 Å². The fraction of sp³-hybridized carbons (Fsp3) is 0.800. The summed E-state index contributed by atoms with van der Waals surface area (Å²) >= 11 is 0. The topological polar surface area (TPSA) is 113 Å². The first-order valence-electron chi connectivity index (χ1n) is 5.40. The minimum atomic E-state index is -3.11. The van der Waals surface area contributed by atoms with E-state index >= 15 is 0 Å². The largest absolute Gasteiger partial charge is 0.351 e. The van der Waals surface area contributed by atoms with Gasteiger partial charge in [-0.2, -0.15) is 5.26 Å². The lowest BCUT2D eigenvalue weighted by molar-refractivity contribution is -0.123. The number of nitrogens with two attached hydrogens (primary N) is 1. The van der Waals surface area contributed by atoms with Crippen LogP contribution in [0.1, 0.15) is 26.2 Å². The van der Waals surface area contributed by atoms with E-state index < -0.39 is 21.8 Å². The maximum Gasteiger partial charge on any atom is 0.237 e. The average molecular weight is 261 g/mol. The molecule has 0 bridgehead atoms. The summed E-state index contributed by atoms with van der Waals surface area (Å²) in [6, 6.07) is 0.893. The number of carbonyl (C=O) groups is 1.